The largest absolute Gasteiger partial charge is 0.493 e. The molecule has 0 saturated heterocycles. The van der Waals surface area contributed by atoms with Crippen molar-refractivity contribution in [2.75, 3.05) is 6.61 Å². The van der Waals surface area contributed by atoms with Gasteiger partial charge in [-0.15, -0.1) is 0 Å². The summed E-state index contributed by atoms with van der Waals surface area (Å²) in [7, 11) is 0. The molecule has 0 saturated carbocycles. The van der Waals surface area contributed by atoms with Crippen LogP contribution in [0.25, 0.3) is 11.1 Å². The summed E-state index contributed by atoms with van der Waals surface area (Å²) >= 11 is 0. The number of rotatable bonds is 2. The summed E-state index contributed by atoms with van der Waals surface area (Å²) in [5.74, 6) is 0.719. The van der Waals surface area contributed by atoms with Crippen LogP contribution < -0.4 is 10.5 Å². The van der Waals surface area contributed by atoms with E-state index in [9.17, 15) is 4.39 Å². The monoisotopic (exact) mass is 257 g/mol. The van der Waals surface area contributed by atoms with E-state index in [4.69, 9.17) is 10.5 Å². The first-order valence-electron chi connectivity index (χ1n) is 6.52. The van der Waals surface area contributed by atoms with Crippen molar-refractivity contribution in [1.82, 2.24) is 0 Å². The van der Waals surface area contributed by atoms with Gasteiger partial charge in [0.25, 0.3) is 0 Å². The molecule has 0 aliphatic carbocycles. The molecule has 0 bridgehead atoms. The first kappa shape index (κ1) is 12.2. The van der Waals surface area contributed by atoms with Crippen molar-refractivity contribution >= 4 is 0 Å². The second kappa shape index (κ2) is 5.02. The van der Waals surface area contributed by atoms with Crippen LogP contribution >= 0.6 is 0 Å². The SMILES string of the molecule is NCc1cc(F)ccc1-c1ccc2c(c1)CCCO2. The smallest absolute Gasteiger partial charge is 0.123 e. The molecule has 1 heterocycles. The molecule has 2 aromatic carbocycles. The molecule has 2 nitrogen and oxygen atoms in total. The van der Waals surface area contributed by atoms with Gasteiger partial charge in [-0.1, -0.05) is 12.1 Å². The molecular weight excluding hydrogens is 241 g/mol. The molecule has 1 aliphatic heterocycles. The summed E-state index contributed by atoms with van der Waals surface area (Å²) in [4.78, 5) is 0. The van der Waals surface area contributed by atoms with Crippen LogP contribution in [-0.2, 0) is 13.0 Å². The predicted octanol–water partition coefficient (Wildman–Crippen LogP) is 3.28. The Morgan fingerprint density at radius 3 is 2.89 bits per heavy atom. The quantitative estimate of drug-likeness (QED) is 0.896. The van der Waals surface area contributed by atoms with Crippen LogP contribution in [0.4, 0.5) is 4.39 Å². The summed E-state index contributed by atoms with van der Waals surface area (Å²) in [6.45, 7) is 1.12. The minimum Gasteiger partial charge on any atom is -0.493 e. The van der Waals surface area contributed by atoms with Crippen LogP contribution in [0.1, 0.15) is 17.5 Å². The van der Waals surface area contributed by atoms with Gasteiger partial charge in [-0.05, 0) is 59.4 Å². The van der Waals surface area contributed by atoms with Crippen molar-refractivity contribution in [1.29, 1.82) is 0 Å². The second-order valence-electron chi connectivity index (χ2n) is 4.78. The molecular formula is C16H16FNO. The number of hydrogen-bond acceptors (Lipinski definition) is 2. The van der Waals surface area contributed by atoms with E-state index < -0.39 is 0 Å². The van der Waals surface area contributed by atoms with Gasteiger partial charge in [0.15, 0.2) is 0 Å². The summed E-state index contributed by atoms with van der Waals surface area (Å²) in [5, 5.41) is 0. The third kappa shape index (κ3) is 2.34. The topological polar surface area (TPSA) is 35.2 Å². The third-order valence-electron chi connectivity index (χ3n) is 3.51. The highest BCUT2D eigenvalue weighted by molar-refractivity contribution is 5.69. The Morgan fingerprint density at radius 1 is 1.16 bits per heavy atom. The van der Waals surface area contributed by atoms with Crippen molar-refractivity contribution in [3.8, 4) is 16.9 Å². The predicted molar refractivity (Wildman–Crippen MR) is 73.5 cm³/mol. The fourth-order valence-electron chi connectivity index (χ4n) is 2.54. The van der Waals surface area contributed by atoms with Gasteiger partial charge in [0, 0.05) is 6.54 Å². The first-order chi connectivity index (χ1) is 9.28. The summed E-state index contributed by atoms with van der Waals surface area (Å²) in [6.07, 6.45) is 2.08. The zero-order valence-electron chi connectivity index (χ0n) is 10.7. The average Bonchev–Trinajstić information content (AvgIpc) is 2.46. The number of fused-ring (bicyclic) bond motifs is 1. The molecule has 0 fully saturated rings. The molecule has 98 valence electrons. The standard InChI is InChI=1S/C16H16FNO/c17-14-4-5-15(13(9-14)10-18)11-3-6-16-12(8-11)2-1-7-19-16/h3-6,8-9H,1-2,7,10,18H2. The molecule has 3 rings (SSSR count). The van der Waals surface area contributed by atoms with Crippen LogP contribution in [0.5, 0.6) is 5.75 Å². The molecule has 0 atom stereocenters. The number of ether oxygens (including phenoxy) is 1. The van der Waals surface area contributed by atoms with Crippen LogP contribution in [0.3, 0.4) is 0 Å². The van der Waals surface area contributed by atoms with Crippen LogP contribution in [0.2, 0.25) is 0 Å². The lowest BCUT2D eigenvalue weighted by atomic mass is 9.95. The Labute approximate surface area is 112 Å². The van der Waals surface area contributed by atoms with E-state index in [1.807, 2.05) is 12.1 Å². The highest BCUT2D eigenvalue weighted by Gasteiger charge is 2.12. The zero-order valence-corrected chi connectivity index (χ0v) is 10.7. The lowest BCUT2D eigenvalue weighted by Crippen LogP contribution is -2.08. The van der Waals surface area contributed by atoms with Crippen molar-refractivity contribution in [2.45, 2.75) is 19.4 Å². The van der Waals surface area contributed by atoms with E-state index in [0.717, 1.165) is 41.9 Å². The van der Waals surface area contributed by atoms with E-state index in [0.29, 0.717) is 6.54 Å². The molecule has 2 aromatic rings. The maximum atomic E-state index is 13.2. The van der Waals surface area contributed by atoms with Crippen LogP contribution in [0, 0.1) is 5.82 Å². The fourth-order valence-corrected chi connectivity index (χ4v) is 2.54. The summed E-state index contributed by atoms with van der Waals surface area (Å²) in [6, 6.07) is 10.9. The van der Waals surface area contributed by atoms with E-state index in [2.05, 4.69) is 6.07 Å². The third-order valence-corrected chi connectivity index (χ3v) is 3.51. The summed E-state index contributed by atoms with van der Waals surface area (Å²) in [5.41, 5.74) is 9.82. The molecule has 0 aromatic heterocycles. The van der Waals surface area contributed by atoms with Gasteiger partial charge in [0.05, 0.1) is 6.61 Å². The fraction of sp³-hybridized carbons (Fsp3) is 0.250. The molecule has 0 unspecified atom stereocenters. The lowest BCUT2D eigenvalue weighted by molar-refractivity contribution is 0.288. The van der Waals surface area contributed by atoms with Crippen molar-refractivity contribution in [3.63, 3.8) is 0 Å². The van der Waals surface area contributed by atoms with E-state index >= 15 is 0 Å². The normalized spacial score (nSPS) is 13.8. The van der Waals surface area contributed by atoms with Gasteiger partial charge < -0.3 is 10.5 Å². The van der Waals surface area contributed by atoms with Gasteiger partial charge >= 0.3 is 0 Å². The molecule has 3 heteroatoms. The van der Waals surface area contributed by atoms with Gasteiger partial charge in [0.1, 0.15) is 11.6 Å². The number of hydrogen-bond donors (Lipinski definition) is 1. The second-order valence-corrected chi connectivity index (χ2v) is 4.78. The Balaban J connectivity index is 2.07. The summed E-state index contributed by atoms with van der Waals surface area (Å²) < 4.78 is 18.9. The van der Waals surface area contributed by atoms with E-state index in [-0.39, 0.29) is 5.82 Å². The van der Waals surface area contributed by atoms with E-state index in [1.165, 1.54) is 17.7 Å². The zero-order chi connectivity index (χ0) is 13.2. The first-order valence-corrected chi connectivity index (χ1v) is 6.52. The minimum atomic E-state index is -0.245. The molecule has 19 heavy (non-hydrogen) atoms. The molecule has 0 spiro atoms. The van der Waals surface area contributed by atoms with Crippen molar-refractivity contribution in [3.05, 3.63) is 53.3 Å². The van der Waals surface area contributed by atoms with Gasteiger partial charge in [-0.3, -0.25) is 0 Å². The Hall–Kier alpha value is -1.87. The maximum absolute atomic E-state index is 13.2. The highest BCUT2D eigenvalue weighted by atomic mass is 19.1. The van der Waals surface area contributed by atoms with Crippen LogP contribution in [0.15, 0.2) is 36.4 Å². The van der Waals surface area contributed by atoms with Crippen molar-refractivity contribution < 1.29 is 9.13 Å². The molecule has 1 aliphatic rings. The molecule has 0 amide bonds. The Bertz CT molecular complexity index is 610. The van der Waals surface area contributed by atoms with Gasteiger partial charge in [0.2, 0.25) is 0 Å². The minimum absolute atomic E-state index is 0.245. The molecule has 2 N–H and O–H groups in total. The van der Waals surface area contributed by atoms with Gasteiger partial charge in [-0.25, -0.2) is 4.39 Å². The van der Waals surface area contributed by atoms with E-state index in [1.54, 1.807) is 6.07 Å². The highest BCUT2D eigenvalue weighted by Crippen LogP contribution is 2.31. The van der Waals surface area contributed by atoms with Crippen molar-refractivity contribution in [2.24, 2.45) is 5.73 Å². The number of benzene rings is 2. The number of aryl methyl sites for hydroxylation is 1. The number of nitrogens with two attached hydrogens (primary N) is 1. The van der Waals surface area contributed by atoms with Crippen LogP contribution in [-0.4, -0.2) is 6.61 Å². The Kier molecular flexibility index (Phi) is 3.22. The Morgan fingerprint density at radius 2 is 2.05 bits per heavy atom. The number of halogens is 1. The average molecular weight is 257 g/mol. The molecule has 0 radical (unpaired) electrons. The maximum Gasteiger partial charge on any atom is 0.123 e. The lowest BCUT2D eigenvalue weighted by Gasteiger charge is -2.18. The van der Waals surface area contributed by atoms with Gasteiger partial charge in [-0.2, -0.15) is 0 Å².